The predicted octanol–water partition coefficient (Wildman–Crippen LogP) is 2.89. The van der Waals surface area contributed by atoms with Crippen molar-refractivity contribution in [1.82, 2.24) is 15.1 Å². The molecule has 2 aromatic rings. The Bertz CT molecular complexity index is 1480. The van der Waals surface area contributed by atoms with E-state index in [9.17, 15) is 14.4 Å². The lowest BCUT2D eigenvalue weighted by Crippen LogP contribution is -2.52. The van der Waals surface area contributed by atoms with Gasteiger partial charge in [0.15, 0.2) is 0 Å². The monoisotopic (exact) mass is 567 g/mol. The first-order valence-electron chi connectivity index (χ1n) is 15.1. The first kappa shape index (κ1) is 26.9. The Morgan fingerprint density at radius 2 is 1.93 bits per heavy atom. The number of imide groups is 1. The van der Waals surface area contributed by atoms with E-state index in [1.54, 1.807) is 11.1 Å². The minimum absolute atomic E-state index is 0.0783. The van der Waals surface area contributed by atoms with Crippen molar-refractivity contribution in [3.8, 4) is 5.75 Å². The van der Waals surface area contributed by atoms with Crippen molar-refractivity contribution < 1.29 is 19.1 Å². The van der Waals surface area contributed by atoms with Crippen molar-refractivity contribution in [2.45, 2.75) is 56.0 Å². The van der Waals surface area contributed by atoms with Crippen molar-refractivity contribution >= 4 is 23.9 Å². The largest absolute Gasteiger partial charge is 0.492 e. The summed E-state index contributed by atoms with van der Waals surface area (Å²) >= 11 is 0. The third-order valence-electron chi connectivity index (χ3n) is 9.91. The number of nitrogens with zero attached hydrogens (tertiary/aromatic N) is 3. The Morgan fingerprint density at radius 3 is 2.69 bits per heavy atom. The molecule has 1 aliphatic carbocycles. The van der Waals surface area contributed by atoms with Crippen LogP contribution in [0.2, 0.25) is 0 Å². The molecule has 0 radical (unpaired) electrons. The van der Waals surface area contributed by atoms with E-state index >= 15 is 0 Å². The molecule has 3 N–H and O–H groups in total. The fourth-order valence-corrected chi connectivity index (χ4v) is 7.29. The van der Waals surface area contributed by atoms with E-state index in [1.807, 2.05) is 12.3 Å². The summed E-state index contributed by atoms with van der Waals surface area (Å²) in [5.74, 6) is 1.22. The SMILES string of the molecule is NC=C(C=NC[C@H]1C[C@@H]1c1ccccc1)CN1CCC2(CC1)COc1c2ccc2c1CN([C@H]1CCC(=O)NC1=O)C2=O. The number of nitrogens with one attached hydrogen (secondary N) is 1. The van der Waals surface area contributed by atoms with E-state index in [1.165, 1.54) is 17.5 Å². The number of benzene rings is 2. The van der Waals surface area contributed by atoms with Gasteiger partial charge in [0.2, 0.25) is 11.8 Å². The number of nitrogens with two attached hydrogens (primary N) is 1. The van der Waals surface area contributed by atoms with Gasteiger partial charge in [-0.1, -0.05) is 36.4 Å². The first-order chi connectivity index (χ1) is 20.5. The highest BCUT2D eigenvalue weighted by atomic mass is 16.5. The smallest absolute Gasteiger partial charge is 0.255 e. The van der Waals surface area contributed by atoms with Crippen LogP contribution in [0.15, 0.2) is 59.2 Å². The molecule has 9 heteroatoms. The van der Waals surface area contributed by atoms with Crippen LogP contribution in [-0.4, -0.2) is 72.6 Å². The van der Waals surface area contributed by atoms with Gasteiger partial charge in [-0.2, -0.15) is 0 Å². The molecule has 3 amide bonds. The minimum atomic E-state index is -0.625. The summed E-state index contributed by atoms with van der Waals surface area (Å²) in [5, 5.41) is 2.37. The second-order valence-electron chi connectivity index (χ2n) is 12.5. The number of fused-ring (bicyclic) bond motifs is 4. The van der Waals surface area contributed by atoms with Gasteiger partial charge in [-0.05, 0) is 74.0 Å². The molecule has 1 spiro atoms. The number of aliphatic imine (C=N–C) groups is 1. The molecular formula is C33H37N5O4. The molecule has 218 valence electrons. The van der Waals surface area contributed by atoms with Crippen molar-refractivity contribution in [2.75, 3.05) is 32.8 Å². The Hall–Kier alpha value is -3.98. The summed E-state index contributed by atoms with van der Waals surface area (Å²) in [7, 11) is 0. The topological polar surface area (TPSA) is 117 Å². The molecule has 3 atom stereocenters. The minimum Gasteiger partial charge on any atom is -0.492 e. The lowest BCUT2D eigenvalue weighted by Gasteiger charge is -2.38. The zero-order valence-corrected chi connectivity index (χ0v) is 23.8. The van der Waals surface area contributed by atoms with E-state index in [0.29, 0.717) is 37.0 Å². The van der Waals surface area contributed by atoms with E-state index in [0.717, 1.165) is 55.9 Å². The quantitative estimate of drug-likeness (QED) is 0.393. The highest BCUT2D eigenvalue weighted by Crippen LogP contribution is 2.50. The van der Waals surface area contributed by atoms with E-state index in [4.69, 9.17) is 15.5 Å². The second-order valence-corrected chi connectivity index (χ2v) is 12.5. The standard InChI is InChI=1S/C33H37N5O4/c34-15-21(16-35-17-23-14-25(23)22-4-2-1-3-5-22)18-37-12-10-33(11-13-37)20-42-30-26-19-38(28-8-9-29(39)36-31(28)40)32(41)24(26)6-7-27(30)33/h1-7,15-16,23,25,28H,8-14,17-20,34H2,(H,36,39,40)/t23-,25-,28+/m1/s1. The fourth-order valence-electron chi connectivity index (χ4n) is 7.29. The molecule has 0 aromatic heterocycles. The number of hydrogen-bond donors (Lipinski definition) is 2. The Labute approximate surface area is 245 Å². The zero-order valence-electron chi connectivity index (χ0n) is 23.8. The molecule has 1 saturated carbocycles. The van der Waals surface area contributed by atoms with Crippen LogP contribution in [0.25, 0.3) is 0 Å². The molecule has 9 nitrogen and oxygen atoms in total. The average molecular weight is 568 g/mol. The lowest BCUT2D eigenvalue weighted by atomic mass is 9.74. The number of ether oxygens (including phenoxy) is 1. The highest BCUT2D eigenvalue weighted by molar-refractivity contribution is 6.05. The number of rotatable bonds is 7. The molecule has 5 aliphatic rings. The molecular weight excluding hydrogens is 530 g/mol. The third kappa shape index (κ3) is 4.79. The summed E-state index contributed by atoms with van der Waals surface area (Å²) < 4.78 is 6.32. The molecule has 3 fully saturated rings. The van der Waals surface area contributed by atoms with Gasteiger partial charge in [0.05, 0.1) is 13.2 Å². The lowest BCUT2D eigenvalue weighted by molar-refractivity contribution is -0.136. The number of likely N-dealkylation sites (tertiary alicyclic amines) is 1. The van der Waals surface area contributed by atoms with Crippen molar-refractivity contribution in [1.29, 1.82) is 0 Å². The number of piperidine rings is 2. The first-order valence-corrected chi connectivity index (χ1v) is 15.1. The van der Waals surface area contributed by atoms with Gasteiger partial charge in [-0.25, -0.2) is 0 Å². The summed E-state index contributed by atoms with van der Waals surface area (Å²) in [6.07, 6.45) is 7.34. The number of carbonyl (C=O) groups is 3. The molecule has 0 unspecified atom stereocenters. The molecule has 2 saturated heterocycles. The molecule has 42 heavy (non-hydrogen) atoms. The highest BCUT2D eigenvalue weighted by Gasteiger charge is 2.47. The van der Waals surface area contributed by atoms with Crippen LogP contribution in [0, 0.1) is 5.92 Å². The number of carbonyl (C=O) groups excluding carboxylic acids is 3. The summed E-state index contributed by atoms with van der Waals surface area (Å²) in [5.41, 5.74) is 11.0. The van der Waals surface area contributed by atoms with Crippen LogP contribution in [0.5, 0.6) is 5.75 Å². The van der Waals surface area contributed by atoms with Gasteiger partial charge < -0.3 is 15.4 Å². The van der Waals surface area contributed by atoms with E-state index < -0.39 is 11.9 Å². The maximum atomic E-state index is 13.2. The third-order valence-corrected chi connectivity index (χ3v) is 9.91. The maximum Gasteiger partial charge on any atom is 0.255 e. The van der Waals surface area contributed by atoms with Crippen LogP contribution in [0.1, 0.15) is 65.1 Å². The predicted molar refractivity (Wildman–Crippen MR) is 158 cm³/mol. The van der Waals surface area contributed by atoms with Crippen LogP contribution < -0.4 is 15.8 Å². The summed E-state index contributed by atoms with van der Waals surface area (Å²) in [4.78, 5) is 46.1. The molecule has 4 aliphatic heterocycles. The van der Waals surface area contributed by atoms with Gasteiger partial charge in [-0.15, -0.1) is 0 Å². The van der Waals surface area contributed by atoms with Gasteiger partial charge in [-0.3, -0.25) is 29.6 Å². The van der Waals surface area contributed by atoms with Crippen molar-refractivity contribution in [3.05, 3.63) is 76.5 Å². The molecule has 7 rings (SSSR count). The average Bonchev–Trinajstić information content (AvgIpc) is 3.59. The maximum absolute atomic E-state index is 13.2. The van der Waals surface area contributed by atoms with Crippen LogP contribution in [-0.2, 0) is 21.5 Å². The van der Waals surface area contributed by atoms with Gasteiger partial charge in [0.1, 0.15) is 11.8 Å². The van der Waals surface area contributed by atoms with E-state index in [-0.39, 0.29) is 23.7 Å². The summed E-state index contributed by atoms with van der Waals surface area (Å²) in [6, 6.07) is 14.0. The van der Waals surface area contributed by atoms with Crippen LogP contribution >= 0.6 is 0 Å². The van der Waals surface area contributed by atoms with Crippen molar-refractivity contribution in [3.63, 3.8) is 0 Å². The van der Waals surface area contributed by atoms with E-state index in [2.05, 4.69) is 46.6 Å². The Kier molecular flexibility index (Phi) is 6.85. The van der Waals surface area contributed by atoms with Gasteiger partial charge in [0, 0.05) is 47.8 Å². The zero-order chi connectivity index (χ0) is 28.8. The van der Waals surface area contributed by atoms with Crippen LogP contribution in [0.4, 0.5) is 0 Å². The fraction of sp³-hybridized carbons (Fsp3) is 0.455. The van der Waals surface area contributed by atoms with Gasteiger partial charge >= 0.3 is 0 Å². The molecule has 2 aromatic carbocycles. The van der Waals surface area contributed by atoms with Crippen LogP contribution in [0.3, 0.4) is 0 Å². The van der Waals surface area contributed by atoms with Crippen molar-refractivity contribution in [2.24, 2.45) is 16.6 Å². The second kappa shape index (κ2) is 10.7. The number of hydrogen-bond acceptors (Lipinski definition) is 7. The molecule has 4 heterocycles. The molecule has 0 bridgehead atoms. The Morgan fingerprint density at radius 1 is 1.12 bits per heavy atom. The van der Waals surface area contributed by atoms with Gasteiger partial charge in [0.25, 0.3) is 5.91 Å². The normalized spacial score (nSPS) is 26.9. The summed E-state index contributed by atoms with van der Waals surface area (Å²) in [6.45, 7) is 4.39. The Balaban J connectivity index is 0.959. The number of amides is 3.